The SMILES string of the molecule is CCCCC/C=C\C/C=C\C=C\CC(=O)SCCNC(=O)CCNC(=O)C(O)C(C)(C)COP(=O)(O)OP(=O)(O)OC[C@H]1O[C@@H](n2cnc3c(N)ncnc32)[C@@H](O)[C@H]1OP(=O)(O)O. The molecule has 1 aliphatic rings. The third-order valence-electron chi connectivity index (χ3n) is 8.85. The second-order valence-corrected chi connectivity index (χ2v) is 19.9. The van der Waals surface area contributed by atoms with E-state index >= 15 is 0 Å². The fourth-order valence-corrected chi connectivity index (χ4v) is 9.03. The van der Waals surface area contributed by atoms with Crippen molar-refractivity contribution in [3.8, 4) is 0 Å². The number of aliphatic hydroxyl groups excluding tert-OH is 2. The quantitative estimate of drug-likeness (QED) is 0.0256. The van der Waals surface area contributed by atoms with Gasteiger partial charge in [0.2, 0.25) is 11.8 Å². The van der Waals surface area contributed by atoms with E-state index in [9.17, 15) is 57.9 Å². The Morgan fingerprint density at radius 1 is 1.00 bits per heavy atom. The summed E-state index contributed by atoms with van der Waals surface area (Å²) in [4.78, 5) is 88.0. The summed E-state index contributed by atoms with van der Waals surface area (Å²) in [7, 11) is -16.4. The normalized spacial score (nSPS) is 21.0. The van der Waals surface area contributed by atoms with Gasteiger partial charge in [0.25, 0.3) is 0 Å². The molecule has 0 radical (unpaired) electrons. The second-order valence-electron chi connectivity index (χ2n) is 14.6. The zero-order valence-corrected chi connectivity index (χ0v) is 38.3. The van der Waals surface area contributed by atoms with Crippen molar-refractivity contribution in [2.24, 2.45) is 5.41 Å². The van der Waals surface area contributed by atoms with Gasteiger partial charge >= 0.3 is 23.5 Å². The molecule has 0 bridgehead atoms. The lowest BCUT2D eigenvalue weighted by Gasteiger charge is -2.30. The number of carbonyl (C=O) groups excluding carboxylic acids is 3. The maximum atomic E-state index is 12.7. The predicted molar refractivity (Wildman–Crippen MR) is 228 cm³/mol. The van der Waals surface area contributed by atoms with Gasteiger partial charge in [-0.3, -0.25) is 32.5 Å². The molecule has 1 fully saturated rings. The second kappa shape index (κ2) is 25.5. The largest absolute Gasteiger partial charge is 0.481 e. The van der Waals surface area contributed by atoms with Crippen molar-refractivity contribution in [1.82, 2.24) is 30.2 Å². The molecule has 0 saturated carbocycles. The molecule has 1 saturated heterocycles. The van der Waals surface area contributed by atoms with E-state index in [1.807, 2.05) is 18.2 Å². The van der Waals surface area contributed by atoms with Crippen LogP contribution in [0.4, 0.5) is 5.82 Å². The van der Waals surface area contributed by atoms with E-state index in [0.29, 0.717) is 5.75 Å². The van der Waals surface area contributed by atoms with E-state index < -0.39 is 84.6 Å². The van der Waals surface area contributed by atoms with Crippen LogP contribution in [0.2, 0.25) is 0 Å². The zero-order valence-electron chi connectivity index (χ0n) is 34.8. The molecule has 2 aromatic heterocycles. The monoisotopic (exact) mass is 971 g/mol. The standard InChI is InChI=1S/C35H56N7O17P3S/c1-4-5-6-7-8-9-10-11-12-13-14-15-26(44)63-19-18-37-25(43)16-17-38-33(47)30(46)35(2,3)21-56-62(53,54)59-61(51,52)55-20-24-29(58-60(48,49)50)28(45)34(57-24)42-23-41-27-31(36)39-22-40-32(27)42/h8-9,11-14,22-24,28-30,34,45-46H,4-7,10,15-21H2,1-3H3,(H,37,43)(H,38,47)(H,51,52)(H,53,54)(H2,36,39,40)(H2,48,49,50)/b9-8-,12-11-,14-13+/t24-,28+,29+,30?,34-/m1/s1. The maximum absolute atomic E-state index is 12.7. The van der Waals surface area contributed by atoms with Crippen LogP contribution in [0.1, 0.15) is 71.9 Å². The minimum Gasteiger partial charge on any atom is -0.386 e. The van der Waals surface area contributed by atoms with Crippen molar-refractivity contribution in [2.45, 2.75) is 96.4 Å². The molecule has 0 spiro atoms. The third kappa shape index (κ3) is 19.0. The number of phosphoric ester groups is 3. The Labute approximate surface area is 367 Å². The Kier molecular flexibility index (Phi) is 21.9. The van der Waals surface area contributed by atoms with Crippen LogP contribution in [0.3, 0.4) is 0 Å². The fourth-order valence-electron chi connectivity index (χ4n) is 5.56. The highest BCUT2D eigenvalue weighted by Crippen LogP contribution is 2.61. The highest BCUT2D eigenvalue weighted by molar-refractivity contribution is 8.13. The first kappa shape index (κ1) is 54.1. The van der Waals surface area contributed by atoms with Crippen molar-refractivity contribution < 1.29 is 80.5 Å². The number of nitrogens with zero attached hydrogens (tertiary/aromatic N) is 4. The van der Waals surface area contributed by atoms with Gasteiger partial charge in [-0.05, 0) is 19.3 Å². The molecule has 0 aliphatic carbocycles. The molecule has 10 N–H and O–H groups in total. The molecule has 3 unspecified atom stereocenters. The van der Waals surface area contributed by atoms with Gasteiger partial charge < -0.3 is 50.9 Å². The molecule has 0 aromatic carbocycles. The minimum absolute atomic E-state index is 0.0298. The van der Waals surface area contributed by atoms with Crippen LogP contribution in [0.5, 0.6) is 0 Å². The van der Waals surface area contributed by atoms with Crippen LogP contribution in [0.25, 0.3) is 11.2 Å². The number of unbranched alkanes of at least 4 members (excludes halogenated alkanes) is 3. The van der Waals surface area contributed by atoms with Crippen LogP contribution in [-0.4, -0.2) is 123 Å². The topological polar surface area (TPSA) is 364 Å². The number of aliphatic hydroxyl groups is 2. The van der Waals surface area contributed by atoms with E-state index in [1.54, 1.807) is 6.08 Å². The summed E-state index contributed by atoms with van der Waals surface area (Å²) in [5, 5.41) is 26.4. The summed E-state index contributed by atoms with van der Waals surface area (Å²) in [6.45, 7) is 2.65. The Morgan fingerprint density at radius 2 is 1.71 bits per heavy atom. The Balaban J connectivity index is 1.38. The molecule has 3 heterocycles. The predicted octanol–water partition coefficient (Wildman–Crippen LogP) is 2.69. The van der Waals surface area contributed by atoms with Crippen molar-refractivity contribution in [1.29, 1.82) is 0 Å². The van der Waals surface area contributed by atoms with Gasteiger partial charge in [0.05, 0.1) is 19.5 Å². The first-order valence-corrected chi connectivity index (χ1v) is 25.1. The molecule has 3 rings (SSSR count). The van der Waals surface area contributed by atoms with Gasteiger partial charge in [-0.2, -0.15) is 4.31 Å². The number of nitrogens with two attached hydrogens (primary N) is 1. The van der Waals surface area contributed by atoms with E-state index in [-0.39, 0.29) is 48.0 Å². The summed E-state index contributed by atoms with van der Waals surface area (Å²) in [6.07, 6.45) is 10.5. The summed E-state index contributed by atoms with van der Waals surface area (Å²) in [6, 6.07) is 0. The summed E-state index contributed by atoms with van der Waals surface area (Å²) >= 11 is 1.06. The highest BCUT2D eigenvalue weighted by Gasteiger charge is 2.50. The number of carbonyl (C=O) groups is 3. The number of nitrogen functional groups attached to an aromatic ring is 1. The van der Waals surface area contributed by atoms with Gasteiger partial charge in [-0.1, -0.05) is 81.8 Å². The Bertz CT molecular complexity index is 2070. The lowest BCUT2D eigenvalue weighted by molar-refractivity contribution is -0.137. The van der Waals surface area contributed by atoms with Gasteiger partial charge in [0.15, 0.2) is 22.8 Å². The van der Waals surface area contributed by atoms with Crippen molar-refractivity contribution >= 4 is 69.1 Å². The molecule has 2 aromatic rings. The number of thioether (sulfide) groups is 1. The summed E-state index contributed by atoms with van der Waals surface area (Å²) in [5.41, 5.74) is 4.26. The van der Waals surface area contributed by atoms with Gasteiger partial charge in [0.1, 0.15) is 36.3 Å². The lowest BCUT2D eigenvalue weighted by Crippen LogP contribution is -2.46. The number of ether oxygens (including phenoxy) is 1. The molecular weight excluding hydrogens is 915 g/mol. The van der Waals surface area contributed by atoms with E-state index in [0.717, 1.165) is 41.8 Å². The van der Waals surface area contributed by atoms with Crippen LogP contribution in [0, 0.1) is 5.41 Å². The number of aromatic nitrogens is 4. The third-order valence-corrected chi connectivity index (χ3v) is 12.8. The van der Waals surface area contributed by atoms with Crippen LogP contribution in [0.15, 0.2) is 49.1 Å². The van der Waals surface area contributed by atoms with Crippen molar-refractivity contribution in [2.75, 3.05) is 37.8 Å². The zero-order chi connectivity index (χ0) is 46.8. The Hall–Kier alpha value is -3.22. The van der Waals surface area contributed by atoms with E-state index in [2.05, 4.69) is 53.5 Å². The van der Waals surface area contributed by atoms with Gasteiger partial charge in [-0.15, -0.1) is 0 Å². The number of anilines is 1. The smallest absolute Gasteiger partial charge is 0.386 e. The Morgan fingerprint density at radius 3 is 2.43 bits per heavy atom. The van der Waals surface area contributed by atoms with Crippen molar-refractivity contribution in [3.63, 3.8) is 0 Å². The minimum atomic E-state index is -5.58. The first-order chi connectivity index (χ1) is 29.6. The molecule has 354 valence electrons. The van der Waals surface area contributed by atoms with Crippen molar-refractivity contribution in [3.05, 3.63) is 49.1 Å². The average molecular weight is 972 g/mol. The maximum Gasteiger partial charge on any atom is 0.481 e. The average Bonchev–Trinajstić information content (AvgIpc) is 3.76. The number of rotatable bonds is 28. The molecule has 1 aliphatic heterocycles. The number of allylic oxidation sites excluding steroid dienone is 6. The van der Waals surface area contributed by atoms with E-state index in [4.69, 9.17) is 19.5 Å². The van der Waals surface area contributed by atoms with Crippen LogP contribution >= 0.6 is 35.2 Å². The van der Waals surface area contributed by atoms with E-state index in [1.165, 1.54) is 33.1 Å². The molecule has 2 amide bonds. The van der Waals surface area contributed by atoms with Crippen LogP contribution < -0.4 is 16.4 Å². The molecule has 24 nitrogen and oxygen atoms in total. The number of nitrogens with one attached hydrogen (secondary N) is 2. The fraction of sp³-hybridized carbons (Fsp3) is 0.600. The summed E-state index contributed by atoms with van der Waals surface area (Å²) < 4.78 is 62.3. The molecule has 28 heteroatoms. The first-order valence-electron chi connectivity index (χ1n) is 19.6. The molecule has 7 atom stereocenters. The summed E-state index contributed by atoms with van der Waals surface area (Å²) in [5.74, 6) is -1.13. The lowest BCUT2D eigenvalue weighted by atomic mass is 9.87. The molecule has 63 heavy (non-hydrogen) atoms. The van der Waals surface area contributed by atoms with Gasteiger partial charge in [-0.25, -0.2) is 28.6 Å². The number of hydrogen-bond acceptors (Lipinski definition) is 18. The molecular formula is C35H56N7O17P3S. The number of phosphoric acid groups is 3. The highest BCUT2D eigenvalue weighted by atomic mass is 32.2. The number of fused-ring (bicyclic) bond motifs is 1. The number of hydrogen-bond donors (Lipinski definition) is 9. The number of imidazole rings is 1. The van der Waals surface area contributed by atoms with Crippen LogP contribution in [-0.2, 0) is 50.7 Å². The van der Waals surface area contributed by atoms with Gasteiger partial charge in [0, 0.05) is 37.1 Å². The number of amides is 2.